The van der Waals surface area contributed by atoms with Crippen LogP contribution in [0.5, 0.6) is 5.75 Å². The number of aryl methyl sites for hydroxylation is 1. The summed E-state index contributed by atoms with van der Waals surface area (Å²) in [6.07, 6.45) is 1.81. The van der Waals surface area contributed by atoms with Gasteiger partial charge in [0, 0.05) is 38.4 Å². The molecule has 0 spiro atoms. The Morgan fingerprint density at radius 1 is 1.00 bits per heavy atom. The largest absolute Gasteiger partial charge is 0.485 e. The molecule has 0 N–H and O–H groups in total. The van der Waals surface area contributed by atoms with Crippen molar-refractivity contribution < 1.29 is 9.53 Å². The lowest BCUT2D eigenvalue weighted by molar-refractivity contribution is -0.128. The van der Waals surface area contributed by atoms with Gasteiger partial charge >= 0.3 is 0 Å². The summed E-state index contributed by atoms with van der Waals surface area (Å²) in [6, 6.07) is 22.7. The molecule has 37 heavy (non-hydrogen) atoms. The molecule has 1 aliphatic rings. The van der Waals surface area contributed by atoms with E-state index in [1.54, 1.807) is 0 Å². The second kappa shape index (κ2) is 11.5. The summed E-state index contributed by atoms with van der Waals surface area (Å²) in [6.45, 7) is 9.90. The molecule has 1 saturated heterocycles. The van der Waals surface area contributed by atoms with Gasteiger partial charge in [0.15, 0.2) is 11.0 Å². The first-order chi connectivity index (χ1) is 18.1. The monoisotopic (exact) mass is 513 g/mol. The van der Waals surface area contributed by atoms with Crippen molar-refractivity contribution in [2.24, 2.45) is 0 Å². The van der Waals surface area contributed by atoms with E-state index in [0.29, 0.717) is 23.3 Å². The van der Waals surface area contributed by atoms with Crippen molar-refractivity contribution in [3.8, 4) is 5.75 Å². The number of aromatic nitrogens is 3. The van der Waals surface area contributed by atoms with Gasteiger partial charge in [-0.2, -0.15) is 0 Å². The number of piperazine rings is 1. The molecule has 0 aliphatic carbocycles. The van der Waals surface area contributed by atoms with Crippen molar-refractivity contribution >= 4 is 34.1 Å². The number of para-hydroxylation sites is 1. The van der Waals surface area contributed by atoms with E-state index in [9.17, 15) is 4.79 Å². The van der Waals surface area contributed by atoms with E-state index in [4.69, 9.17) is 4.74 Å². The summed E-state index contributed by atoms with van der Waals surface area (Å²) >= 11 is 1.41. The smallest absolute Gasteiger partial charge is 0.233 e. The summed E-state index contributed by atoms with van der Waals surface area (Å²) in [7, 11) is 0. The Hall–Kier alpha value is -3.78. The number of amides is 1. The zero-order chi connectivity index (χ0) is 25.6. The second-order valence-corrected chi connectivity index (χ2v) is 9.93. The minimum absolute atomic E-state index is 0.121. The predicted molar refractivity (Wildman–Crippen MR) is 149 cm³/mol. The van der Waals surface area contributed by atoms with E-state index in [0.717, 1.165) is 37.5 Å². The molecule has 0 radical (unpaired) electrons. The van der Waals surface area contributed by atoms with Gasteiger partial charge in [0.25, 0.3) is 0 Å². The summed E-state index contributed by atoms with van der Waals surface area (Å²) < 4.78 is 8.12. The van der Waals surface area contributed by atoms with Crippen LogP contribution in [0.1, 0.15) is 11.4 Å². The molecule has 8 heteroatoms. The molecule has 3 aromatic carbocycles. The fourth-order valence-electron chi connectivity index (χ4n) is 4.62. The average Bonchev–Trinajstić information content (AvgIpc) is 3.33. The maximum absolute atomic E-state index is 12.9. The Morgan fingerprint density at radius 3 is 2.54 bits per heavy atom. The number of hydrogen-bond acceptors (Lipinski definition) is 6. The average molecular weight is 514 g/mol. The minimum atomic E-state index is 0.121. The lowest BCUT2D eigenvalue weighted by atomic mass is 10.0. The number of thioether (sulfide) groups is 1. The van der Waals surface area contributed by atoms with Crippen LogP contribution < -0.4 is 9.64 Å². The minimum Gasteiger partial charge on any atom is -0.485 e. The number of carbonyl (C=O) groups excluding carboxylic acids is 1. The van der Waals surface area contributed by atoms with Crippen molar-refractivity contribution in [2.45, 2.75) is 25.2 Å². The first-order valence-electron chi connectivity index (χ1n) is 12.5. The Kier molecular flexibility index (Phi) is 7.75. The van der Waals surface area contributed by atoms with E-state index >= 15 is 0 Å². The number of nitrogens with zero attached hydrogens (tertiary/aromatic N) is 5. The van der Waals surface area contributed by atoms with Gasteiger partial charge in [0.1, 0.15) is 12.4 Å². The fourth-order valence-corrected chi connectivity index (χ4v) is 5.49. The Bertz CT molecular complexity index is 1380. The van der Waals surface area contributed by atoms with Crippen LogP contribution in [0.25, 0.3) is 10.8 Å². The van der Waals surface area contributed by atoms with Gasteiger partial charge in [-0.15, -0.1) is 16.8 Å². The van der Waals surface area contributed by atoms with Gasteiger partial charge < -0.3 is 14.5 Å². The van der Waals surface area contributed by atoms with Crippen LogP contribution >= 0.6 is 11.8 Å². The van der Waals surface area contributed by atoms with Crippen LogP contribution in [0, 0.1) is 6.92 Å². The molecule has 5 rings (SSSR count). The van der Waals surface area contributed by atoms with Crippen LogP contribution in [-0.4, -0.2) is 57.5 Å². The third-order valence-electron chi connectivity index (χ3n) is 6.69. The Balaban J connectivity index is 1.19. The standard InChI is InChI=1S/C29H31N5O2S/c1-3-15-34-27(20-36-26-14-13-23-9-7-8-12-25(23)22(26)2)30-31-29(34)37-21-28(35)33-18-16-32(17-19-33)24-10-5-4-6-11-24/h3-14H,1,15-21H2,2H3. The summed E-state index contributed by atoms with van der Waals surface area (Å²) in [5, 5.41) is 11.8. The number of benzene rings is 3. The Morgan fingerprint density at radius 2 is 1.76 bits per heavy atom. The summed E-state index contributed by atoms with van der Waals surface area (Å²) in [5.74, 6) is 1.98. The molecule has 1 fully saturated rings. The molecule has 0 unspecified atom stereocenters. The maximum Gasteiger partial charge on any atom is 0.233 e. The summed E-state index contributed by atoms with van der Waals surface area (Å²) in [5.41, 5.74) is 2.30. The normalized spacial score (nSPS) is 13.6. The number of fused-ring (bicyclic) bond motifs is 1. The van der Waals surface area contributed by atoms with Crippen LogP contribution in [0.4, 0.5) is 5.69 Å². The molecule has 0 atom stereocenters. The van der Waals surface area contributed by atoms with Crippen molar-refractivity contribution in [1.82, 2.24) is 19.7 Å². The highest BCUT2D eigenvalue weighted by atomic mass is 32.2. The topological polar surface area (TPSA) is 63.5 Å². The van der Waals surface area contributed by atoms with E-state index in [-0.39, 0.29) is 12.5 Å². The molecule has 7 nitrogen and oxygen atoms in total. The molecule has 2 heterocycles. The van der Waals surface area contributed by atoms with Crippen LogP contribution in [0.2, 0.25) is 0 Å². The van der Waals surface area contributed by atoms with Crippen molar-refractivity contribution in [2.75, 3.05) is 36.8 Å². The second-order valence-electron chi connectivity index (χ2n) is 8.99. The zero-order valence-corrected chi connectivity index (χ0v) is 21.9. The molecule has 0 bridgehead atoms. The van der Waals surface area contributed by atoms with Crippen LogP contribution in [-0.2, 0) is 17.9 Å². The molecule has 0 saturated carbocycles. The van der Waals surface area contributed by atoms with Gasteiger partial charge in [-0.25, -0.2) is 0 Å². The Labute approximate surface area is 221 Å². The molecule has 1 aliphatic heterocycles. The quantitative estimate of drug-likeness (QED) is 0.233. The van der Waals surface area contributed by atoms with Gasteiger partial charge in [-0.3, -0.25) is 9.36 Å². The van der Waals surface area contributed by atoms with Crippen LogP contribution in [0.15, 0.2) is 84.5 Å². The molecule has 4 aromatic rings. The number of carbonyl (C=O) groups is 1. The first-order valence-corrected chi connectivity index (χ1v) is 13.5. The van der Waals surface area contributed by atoms with Gasteiger partial charge in [0.2, 0.25) is 5.91 Å². The highest BCUT2D eigenvalue weighted by Gasteiger charge is 2.22. The van der Waals surface area contributed by atoms with E-state index < -0.39 is 0 Å². The molecule has 1 amide bonds. The van der Waals surface area contributed by atoms with E-state index in [2.05, 4.69) is 58.9 Å². The molecular formula is C29H31N5O2S. The number of anilines is 1. The van der Waals surface area contributed by atoms with Gasteiger partial charge in [0.05, 0.1) is 5.75 Å². The van der Waals surface area contributed by atoms with Crippen molar-refractivity contribution in [3.63, 3.8) is 0 Å². The highest BCUT2D eigenvalue weighted by molar-refractivity contribution is 7.99. The van der Waals surface area contributed by atoms with Crippen molar-refractivity contribution in [3.05, 3.63) is 90.8 Å². The van der Waals surface area contributed by atoms with E-state index in [1.165, 1.54) is 28.2 Å². The van der Waals surface area contributed by atoms with Crippen molar-refractivity contribution in [1.29, 1.82) is 0 Å². The van der Waals surface area contributed by atoms with E-state index in [1.807, 2.05) is 51.9 Å². The third kappa shape index (κ3) is 5.64. The number of ether oxygens (including phenoxy) is 1. The maximum atomic E-state index is 12.9. The lowest BCUT2D eigenvalue weighted by Gasteiger charge is -2.36. The predicted octanol–water partition coefficient (Wildman–Crippen LogP) is 4.95. The number of allylic oxidation sites excluding steroid dienone is 1. The molecule has 1 aromatic heterocycles. The lowest BCUT2D eigenvalue weighted by Crippen LogP contribution is -2.49. The SMILES string of the molecule is C=CCn1c(COc2ccc3ccccc3c2C)nnc1SCC(=O)N1CCN(c2ccccc2)CC1. The van der Waals surface area contributed by atoms with Gasteiger partial charge in [-0.1, -0.05) is 66.4 Å². The molecular weight excluding hydrogens is 482 g/mol. The van der Waals surface area contributed by atoms with Gasteiger partial charge in [-0.05, 0) is 41.5 Å². The summed E-state index contributed by atoms with van der Waals surface area (Å²) in [4.78, 5) is 17.2. The number of hydrogen-bond donors (Lipinski definition) is 0. The zero-order valence-electron chi connectivity index (χ0n) is 21.0. The third-order valence-corrected chi connectivity index (χ3v) is 7.64. The first kappa shape index (κ1) is 24.9. The highest BCUT2D eigenvalue weighted by Crippen LogP contribution is 2.28. The molecule has 190 valence electrons. The van der Waals surface area contributed by atoms with Crippen LogP contribution in [0.3, 0.4) is 0 Å². The fraction of sp³-hybridized carbons (Fsp3) is 0.276. The number of rotatable bonds is 9.